The van der Waals surface area contributed by atoms with Gasteiger partial charge in [0.25, 0.3) is 5.91 Å². The topological polar surface area (TPSA) is 91.8 Å². The third-order valence-electron chi connectivity index (χ3n) is 2.26. The molecule has 0 saturated heterocycles. The molecule has 0 aliphatic carbocycles. The molecule has 0 aromatic carbocycles. The number of nitrogens with zero attached hydrogens (tertiary/aromatic N) is 1. The first-order valence-corrected chi connectivity index (χ1v) is 8.27. The average molecular weight is 305 g/mol. The second-order valence-electron chi connectivity index (χ2n) is 4.01. The Morgan fingerprint density at radius 1 is 1.37 bits per heavy atom. The van der Waals surface area contributed by atoms with Crippen LogP contribution >= 0.6 is 11.3 Å². The van der Waals surface area contributed by atoms with Crippen LogP contribution < -0.4 is 0 Å². The first kappa shape index (κ1) is 15.6. The van der Waals surface area contributed by atoms with Crippen LogP contribution in [0.15, 0.2) is 16.3 Å². The molecule has 1 heterocycles. The molecule has 0 saturated carbocycles. The number of carbonyl (C=O) groups is 2. The van der Waals surface area contributed by atoms with Crippen molar-refractivity contribution in [2.45, 2.75) is 17.6 Å². The first-order valence-electron chi connectivity index (χ1n) is 5.56. The highest BCUT2D eigenvalue weighted by molar-refractivity contribution is 7.92. The van der Waals surface area contributed by atoms with Crippen molar-refractivity contribution in [1.82, 2.24) is 4.90 Å². The highest BCUT2D eigenvalue weighted by Crippen LogP contribution is 2.22. The SMILES string of the molecule is CCCN(CC(=O)O)C(=O)c1ccc(S(C)(=O)=O)s1. The van der Waals surface area contributed by atoms with Gasteiger partial charge >= 0.3 is 5.97 Å². The van der Waals surface area contributed by atoms with Crippen molar-refractivity contribution in [3.63, 3.8) is 0 Å². The molecule has 1 N–H and O–H groups in total. The van der Waals surface area contributed by atoms with E-state index < -0.39 is 28.3 Å². The third kappa shape index (κ3) is 4.32. The fourth-order valence-corrected chi connectivity index (χ4v) is 3.37. The van der Waals surface area contributed by atoms with Crippen molar-refractivity contribution in [2.75, 3.05) is 19.3 Å². The van der Waals surface area contributed by atoms with Gasteiger partial charge in [0, 0.05) is 12.8 Å². The van der Waals surface area contributed by atoms with Crippen LogP contribution in [0.2, 0.25) is 0 Å². The van der Waals surface area contributed by atoms with Crippen molar-refractivity contribution in [2.24, 2.45) is 0 Å². The molecule has 19 heavy (non-hydrogen) atoms. The van der Waals surface area contributed by atoms with Crippen LogP contribution in [-0.2, 0) is 14.6 Å². The Labute approximate surface area is 115 Å². The zero-order chi connectivity index (χ0) is 14.6. The third-order valence-corrected chi connectivity index (χ3v) is 5.16. The monoisotopic (exact) mass is 305 g/mol. The van der Waals surface area contributed by atoms with Crippen molar-refractivity contribution >= 4 is 33.1 Å². The Morgan fingerprint density at radius 2 is 2.00 bits per heavy atom. The zero-order valence-corrected chi connectivity index (χ0v) is 12.3. The fourth-order valence-electron chi connectivity index (χ4n) is 1.48. The number of hydrogen-bond acceptors (Lipinski definition) is 5. The van der Waals surface area contributed by atoms with Gasteiger partial charge in [0.2, 0.25) is 0 Å². The molecule has 0 radical (unpaired) electrons. The van der Waals surface area contributed by atoms with E-state index in [2.05, 4.69) is 0 Å². The molecule has 1 aromatic heterocycles. The van der Waals surface area contributed by atoms with Crippen molar-refractivity contribution in [3.05, 3.63) is 17.0 Å². The Hall–Kier alpha value is -1.41. The highest BCUT2D eigenvalue weighted by Gasteiger charge is 2.21. The molecule has 0 bridgehead atoms. The lowest BCUT2D eigenvalue weighted by Gasteiger charge is -2.18. The molecule has 0 atom stereocenters. The van der Waals surface area contributed by atoms with Crippen LogP contribution in [0, 0.1) is 0 Å². The maximum Gasteiger partial charge on any atom is 0.323 e. The summed E-state index contributed by atoms with van der Waals surface area (Å²) in [5.41, 5.74) is 0. The number of carboxylic acids is 1. The smallest absolute Gasteiger partial charge is 0.323 e. The summed E-state index contributed by atoms with van der Waals surface area (Å²) in [6.45, 7) is 1.76. The molecule has 0 aliphatic rings. The minimum Gasteiger partial charge on any atom is -0.480 e. The Balaban J connectivity index is 2.97. The molecule has 106 valence electrons. The van der Waals surface area contributed by atoms with E-state index in [1.807, 2.05) is 6.92 Å². The van der Waals surface area contributed by atoms with E-state index in [1.165, 1.54) is 17.0 Å². The average Bonchev–Trinajstić information content (AvgIpc) is 2.75. The van der Waals surface area contributed by atoms with Crippen LogP contribution in [-0.4, -0.2) is 49.6 Å². The number of thiophene rings is 1. The van der Waals surface area contributed by atoms with Crippen LogP contribution in [0.4, 0.5) is 0 Å². The molecule has 8 heteroatoms. The number of aliphatic carboxylic acids is 1. The van der Waals surface area contributed by atoms with E-state index in [-0.39, 0.29) is 9.09 Å². The van der Waals surface area contributed by atoms with Gasteiger partial charge in [-0.05, 0) is 18.6 Å². The second kappa shape index (κ2) is 6.16. The van der Waals surface area contributed by atoms with Gasteiger partial charge in [-0.1, -0.05) is 6.92 Å². The molecule has 0 aliphatic heterocycles. The summed E-state index contributed by atoms with van der Waals surface area (Å²) in [6.07, 6.45) is 1.69. The predicted molar refractivity (Wildman–Crippen MR) is 71.3 cm³/mol. The minimum atomic E-state index is -3.35. The molecule has 0 fully saturated rings. The summed E-state index contributed by atoms with van der Waals surface area (Å²) in [4.78, 5) is 24.2. The van der Waals surface area contributed by atoms with Gasteiger partial charge in [0.05, 0.1) is 4.88 Å². The lowest BCUT2D eigenvalue weighted by atomic mass is 10.3. The van der Waals surface area contributed by atoms with Crippen molar-refractivity contribution < 1.29 is 23.1 Å². The molecule has 1 rings (SSSR count). The molecule has 0 spiro atoms. The van der Waals surface area contributed by atoms with Crippen LogP contribution in [0.1, 0.15) is 23.0 Å². The summed E-state index contributed by atoms with van der Waals surface area (Å²) in [6, 6.07) is 2.77. The lowest BCUT2D eigenvalue weighted by Crippen LogP contribution is -2.35. The van der Waals surface area contributed by atoms with E-state index in [4.69, 9.17) is 5.11 Å². The van der Waals surface area contributed by atoms with E-state index >= 15 is 0 Å². The predicted octanol–water partition coefficient (Wildman–Crippen LogP) is 1.09. The zero-order valence-electron chi connectivity index (χ0n) is 10.6. The maximum absolute atomic E-state index is 12.1. The highest BCUT2D eigenvalue weighted by atomic mass is 32.2. The van der Waals surface area contributed by atoms with Crippen LogP contribution in [0.3, 0.4) is 0 Å². The van der Waals surface area contributed by atoms with Gasteiger partial charge in [-0.15, -0.1) is 11.3 Å². The fraction of sp³-hybridized carbons (Fsp3) is 0.455. The van der Waals surface area contributed by atoms with Gasteiger partial charge in [-0.3, -0.25) is 9.59 Å². The van der Waals surface area contributed by atoms with Gasteiger partial charge in [-0.25, -0.2) is 8.42 Å². The Kier molecular flexibility index (Phi) is 5.07. The van der Waals surface area contributed by atoms with Gasteiger partial charge in [0.1, 0.15) is 10.8 Å². The van der Waals surface area contributed by atoms with Crippen molar-refractivity contribution in [3.8, 4) is 0 Å². The minimum absolute atomic E-state index is 0.0997. The molecule has 0 unspecified atom stereocenters. The summed E-state index contributed by atoms with van der Waals surface area (Å²) in [5.74, 6) is -1.55. The quantitative estimate of drug-likeness (QED) is 0.849. The van der Waals surface area contributed by atoms with E-state index in [0.29, 0.717) is 13.0 Å². The summed E-state index contributed by atoms with van der Waals surface area (Å²) in [7, 11) is -3.35. The van der Waals surface area contributed by atoms with Gasteiger partial charge in [-0.2, -0.15) is 0 Å². The Morgan fingerprint density at radius 3 is 2.42 bits per heavy atom. The van der Waals surface area contributed by atoms with E-state index in [0.717, 1.165) is 17.6 Å². The number of sulfone groups is 1. The maximum atomic E-state index is 12.1. The lowest BCUT2D eigenvalue weighted by molar-refractivity contribution is -0.137. The van der Waals surface area contributed by atoms with Crippen molar-refractivity contribution in [1.29, 1.82) is 0 Å². The summed E-state index contributed by atoms with van der Waals surface area (Å²) < 4.78 is 22.8. The second-order valence-corrected chi connectivity index (χ2v) is 7.34. The van der Waals surface area contributed by atoms with Crippen LogP contribution in [0.25, 0.3) is 0 Å². The number of amides is 1. The summed E-state index contributed by atoms with van der Waals surface area (Å²) >= 11 is 0.857. The molecular formula is C11H15NO5S2. The number of carboxylic acid groups (broad SMARTS) is 1. The molecule has 1 aromatic rings. The van der Waals surface area contributed by atoms with Gasteiger partial charge < -0.3 is 10.0 Å². The number of rotatable bonds is 6. The molecule has 6 nitrogen and oxygen atoms in total. The van der Waals surface area contributed by atoms with Gasteiger partial charge in [0.15, 0.2) is 9.84 Å². The van der Waals surface area contributed by atoms with Crippen LogP contribution in [0.5, 0.6) is 0 Å². The first-order chi connectivity index (χ1) is 8.75. The standard InChI is InChI=1S/C11H15NO5S2/c1-3-6-12(7-9(13)14)11(15)8-4-5-10(18-8)19(2,16)17/h4-5H,3,6-7H2,1-2H3,(H,13,14). The number of hydrogen-bond donors (Lipinski definition) is 1. The summed E-state index contributed by atoms with van der Waals surface area (Å²) in [5, 5.41) is 8.75. The molecule has 1 amide bonds. The van der Waals surface area contributed by atoms with E-state index in [1.54, 1.807) is 0 Å². The Bertz CT molecular complexity index is 576. The number of carbonyl (C=O) groups excluding carboxylic acids is 1. The van der Waals surface area contributed by atoms with E-state index in [9.17, 15) is 18.0 Å². The normalized spacial score (nSPS) is 11.3. The molecular weight excluding hydrogens is 290 g/mol. The largest absolute Gasteiger partial charge is 0.480 e.